The molecule has 0 bridgehead atoms. The van der Waals surface area contributed by atoms with Crippen LogP contribution in [0, 0.1) is 11.6 Å². The van der Waals surface area contributed by atoms with Gasteiger partial charge in [0.1, 0.15) is 24.1 Å². The number of aromatic nitrogens is 1. The number of hydrogen-bond acceptors (Lipinski definition) is 6. The fraction of sp³-hybridized carbons (Fsp3) is 0.292. The largest absolute Gasteiger partial charge is 0.447 e. The van der Waals surface area contributed by atoms with E-state index < -0.39 is 42.5 Å². The number of pyridine rings is 1. The van der Waals surface area contributed by atoms with Crippen molar-refractivity contribution < 1.29 is 33.3 Å². The highest BCUT2D eigenvalue weighted by atomic mass is 35.5. The average molecular weight is 523 g/mol. The molecule has 36 heavy (non-hydrogen) atoms. The molecular formula is C24H25ClF2N4O5. The van der Waals surface area contributed by atoms with E-state index in [9.17, 15) is 28.6 Å². The molecule has 2 aromatic carbocycles. The zero-order valence-corrected chi connectivity index (χ0v) is 20.0. The van der Waals surface area contributed by atoms with Gasteiger partial charge in [0.15, 0.2) is 0 Å². The summed E-state index contributed by atoms with van der Waals surface area (Å²) >= 11 is 5.91. The number of nitrogens with one attached hydrogen (secondary N) is 2. The normalized spacial score (nSPS) is 12.6. The molecule has 12 heteroatoms. The molecule has 3 amide bonds. The smallest absolute Gasteiger partial charge is 0.412 e. The molecule has 0 radical (unpaired) electrons. The Bertz CT molecular complexity index is 1230. The Morgan fingerprint density at radius 1 is 1.19 bits per heavy atom. The van der Waals surface area contributed by atoms with Crippen LogP contribution in [0.5, 0.6) is 0 Å². The van der Waals surface area contributed by atoms with Crippen molar-refractivity contribution >= 4 is 40.3 Å². The second kappa shape index (κ2) is 12.4. The Balaban J connectivity index is 1.60. The first-order chi connectivity index (χ1) is 17.2. The predicted octanol–water partition coefficient (Wildman–Crippen LogP) is 3.67. The average Bonchev–Trinajstić information content (AvgIpc) is 2.86. The summed E-state index contributed by atoms with van der Waals surface area (Å²) in [5.74, 6) is -0.928. The van der Waals surface area contributed by atoms with Crippen molar-refractivity contribution in [3.63, 3.8) is 0 Å². The van der Waals surface area contributed by atoms with Crippen molar-refractivity contribution in [2.45, 2.75) is 25.1 Å². The Labute approximate surface area is 210 Å². The van der Waals surface area contributed by atoms with Crippen molar-refractivity contribution in [2.24, 2.45) is 0 Å². The van der Waals surface area contributed by atoms with Crippen LogP contribution in [0.4, 0.5) is 24.2 Å². The molecule has 9 nitrogen and oxygen atoms in total. The number of rotatable bonds is 9. The lowest BCUT2D eigenvalue weighted by Crippen LogP contribution is -2.47. The van der Waals surface area contributed by atoms with E-state index in [2.05, 4.69) is 15.6 Å². The number of likely N-dealkylation sites (N-methyl/N-ethyl adjacent to an activating group) is 1. The van der Waals surface area contributed by atoms with Gasteiger partial charge in [0.25, 0.3) is 0 Å². The molecule has 2 atom stereocenters. The van der Waals surface area contributed by atoms with E-state index in [-0.39, 0.29) is 30.4 Å². The molecule has 1 heterocycles. The highest BCUT2D eigenvalue weighted by Crippen LogP contribution is 2.20. The standard InChI is InChI=1S/C24H25ClF2N4O5/c1-31(23(34)29-11-15-3-2-4-20(27)22(15)25)18(9-19(33)12-32)13-36-24(35)30-21-8-16-7-17(26)6-5-14(16)10-28-21/h2-8,10,18-19,32-33H,9,11-13H2,1H3,(H,29,34)(H,28,30,35). The van der Waals surface area contributed by atoms with Crippen molar-refractivity contribution in [3.05, 3.63) is 70.9 Å². The van der Waals surface area contributed by atoms with Gasteiger partial charge in [-0.05, 0) is 47.7 Å². The van der Waals surface area contributed by atoms with Gasteiger partial charge < -0.3 is 25.2 Å². The van der Waals surface area contributed by atoms with Gasteiger partial charge in [-0.3, -0.25) is 5.32 Å². The number of amides is 3. The molecule has 3 rings (SSSR count). The van der Waals surface area contributed by atoms with Gasteiger partial charge in [0.2, 0.25) is 0 Å². The van der Waals surface area contributed by atoms with Crippen molar-refractivity contribution in [3.8, 4) is 0 Å². The summed E-state index contributed by atoms with van der Waals surface area (Å²) in [6.45, 7) is -0.949. The lowest BCUT2D eigenvalue weighted by molar-refractivity contribution is 0.0480. The minimum Gasteiger partial charge on any atom is -0.447 e. The fourth-order valence-electron chi connectivity index (χ4n) is 3.37. The summed E-state index contributed by atoms with van der Waals surface area (Å²) in [5, 5.41) is 25.2. The van der Waals surface area contributed by atoms with Gasteiger partial charge in [-0.1, -0.05) is 23.7 Å². The topological polar surface area (TPSA) is 124 Å². The zero-order chi connectivity index (χ0) is 26.2. The van der Waals surface area contributed by atoms with E-state index >= 15 is 0 Å². The second-order valence-electron chi connectivity index (χ2n) is 7.99. The van der Waals surface area contributed by atoms with Crippen LogP contribution in [0.2, 0.25) is 5.02 Å². The number of aliphatic hydroxyl groups is 2. The number of aliphatic hydroxyl groups excluding tert-OH is 2. The van der Waals surface area contributed by atoms with Gasteiger partial charge in [-0.25, -0.2) is 23.4 Å². The third-order valence-electron chi connectivity index (χ3n) is 5.41. The van der Waals surface area contributed by atoms with Crippen molar-refractivity contribution in [1.29, 1.82) is 0 Å². The molecule has 0 saturated heterocycles. The number of halogens is 3. The third-order valence-corrected chi connectivity index (χ3v) is 5.83. The lowest BCUT2D eigenvalue weighted by atomic mass is 10.1. The van der Waals surface area contributed by atoms with E-state index in [0.717, 1.165) is 0 Å². The van der Waals surface area contributed by atoms with Gasteiger partial charge in [-0.2, -0.15) is 0 Å². The maximum absolute atomic E-state index is 13.6. The van der Waals surface area contributed by atoms with Gasteiger partial charge in [0.05, 0.1) is 23.8 Å². The molecule has 0 aliphatic rings. The summed E-state index contributed by atoms with van der Waals surface area (Å²) in [7, 11) is 1.41. The Hall–Kier alpha value is -3.54. The van der Waals surface area contributed by atoms with Crippen LogP contribution in [0.25, 0.3) is 10.8 Å². The minimum atomic E-state index is -1.17. The number of anilines is 1. The van der Waals surface area contributed by atoms with Gasteiger partial charge >= 0.3 is 12.1 Å². The van der Waals surface area contributed by atoms with Crippen LogP contribution in [0.15, 0.2) is 48.7 Å². The molecule has 192 valence electrons. The summed E-state index contributed by atoms with van der Waals surface area (Å²) in [4.78, 5) is 30.2. The van der Waals surface area contributed by atoms with Crippen LogP contribution < -0.4 is 10.6 Å². The van der Waals surface area contributed by atoms with Crippen LogP contribution in [0.3, 0.4) is 0 Å². The zero-order valence-electron chi connectivity index (χ0n) is 19.2. The number of hydrogen-bond donors (Lipinski definition) is 4. The number of ether oxygens (including phenoxy) is 1. The Morgan fingerprint density at radius 2 is 1.97 bits per heavy atom. The highest BCUT2D eigenvalue weighted by Gasteiger charge is 2.25. The summed E-state index contributed by atoms with van der Waals surface area (Å²) in [5.41, 5.74) is 0.365. The molecule has 0 fully saturated rings. The number of benzene rings is 2. The number of carbonyl (C=O) groups is 2. The van der Waals surface area contributed by atoms with Gasteiger partial charge in [0, 0.05) is 25.2 Å². The molecule has 2 unspecified atom stereocenters. The first-order valence-corrected chi connectivity index (χ1v) is 11.3. The van der Waals surface area contributed by atoms with Crippen LogP contribution >= 0.6 is 11.6 Å². The maximum Gasteiger partial charge on any atom is 0.412 e. The number of carbonyl (C=O) groups excluding carboxylic acids is 2. The van der Waals surface area contributed by atoms with Crippen molar-refractivity contribution in [1.82, 2.24) is 15.2 Å². The quantitative estimate of drug-likeness (QED) is 0.340. The lowest BCUT2D eigenvalue weighted by Gasteiger charge is -2.29. The van der Waals surface area contributed by atoms with E-state index in [1.807, 2.05) is 0 Å². The monoisotopic (exact) mass is 522 g/mol. The third kappa shape index (κ3) is 7.23. The number of nitrogens with zero attached hydrogens (tertiary/aromatic N) is 2. The van der Waals surface area contributed by atoms with Crippen LogP contribution in [-0.4, -0.2) is 64.6 Å². The number of urea groups is 1. The summed E-state index contributed by atoms with van der Waals surface area (Å²) in [6, 6.07) is 8.41. The molecule has 1 aromatic heterocycles. The Morgan fingerprint density at radius 3 is 2.72 bits per heavy atom. The second-order valence-corrected chi connectivity index (χ2v) is 8.37. The summed E-state index contributed by atoms with van der Waals surface area (Å²) < 4.78 is 32.3. The Kier molecular flexibility index (Phi) is 9.34. The maximum atomic E-state index is 13.6. The summed E-state index contributed by atoms with van der Waals surface area (Å²) in [6.07, 6.45) is -0.691. The first-order valence-electron chi connectivity index (χ1n) is 10.9. The molecule has 0 aliphatic carbocycles. The van der Waals surface area contributed by atoms with Gasteiger partial charge in [-0.15, -0.1) is 0 Å². The molecule has 4 N–H and O–H groups in total. The van der Waals surface area contributed by atoms with E-state index in [4.69, 9.17) is 16.3 Å². The minimum absolute atomic E-state index is 0.0649. The van der Waals surface area contributed by atoms with E-state index in [0.29, 0.717) is 16.3 Å². The molecule has 0 spiro atoms. The molecule has 0 aliphatic heterocycles. The van der Waals surface area contributed by atoms with Crippen LogP contribution in [-0.2, 0) is 11.3 Å². The van der Waals surface area contributed by atoms with Crippen molar-refractivity contribution in [2.75, 3.05) is 25.6 Å². The van der Waals surface area contributed by atoms with Crippen LogP contribution in [0.1, 0.15) is 12.0 Å². The number of fused-ring (bicyclic) bond motifs is 1. The predicted molar refractivity (Wildman–Crippen MR) is 130 cm³/mol. The molecule has 0 saturated carbocycles. The molecular weight excluding hydrogens is 498 g/mol. The van der Waals surface area contributed by atoms with E-state index in [1.165, 1.54) is 48.5 Å². The first kappa shape index (κ1) is 27.1. The fourth-order valence-corrected chi connectivity index (χ4v) is 3.56. The highest BCUT2D eigenvalue weighted by molar-refractivity contribution is 6.31. The van der Waals surface area contributed by atoms with E-state index in [1.54, 1.807) is 12.1 Å². The SMILES string of the molecule is CN(C(=O)NCc1cccc(F)c1Cl)C(COC(=O)Nc1cc2cc(F)ccc2cn1)CC(O)CO. The molecule has 3 aromatic rings.